The molecular weight excluding hydrogens is 292 g/mol. The fraction of sp³-hybridized carbons (Fsp3) is 0.864. The van der Waals surface area contributed by atoms with Crippen LogP contribution in [-0.2, 0) is 19.5 Å². The molecule has 0 aromatic carbocycles. The fourth-order valence-corrected chi connectivity index (χ4v) is 3.54. The second-order valence-corrected chi connectivity index (χ2v) is 7.39. The first-order valence-corrected chi connectivity index (χ1v) is 10.9. The molecule has 0 saturated carbocycles. The van der Waals surface area contributed by atoms with Gasteiger partial charge in [-0.25, -0.2) is 9.13 Å². The minimum atomic E-state index is 1.21. The lowest BCUT2D eigenvalue weighted by Crippen LogP contribution is -2.37. The molecule has 0 saturated heterocycles. The van der Waals surface area contributed by atoms with Gasteiger partial charge in [-0.1, -0.05) is 72.1 Å². The molecule has 0 atom stereocenters. The number of rotatable bonds is 16. The molecule has 24 heavy (non-hydrogen) atoms. The number of aryl methyl sites for hydroxylation is 2. The summed E-state index contributed by atoms with van der Waals surface area (Å²) in [5.41, 5.74) is 0. The summed E-state index contributed by atoms with van der Waals surface area (Å²) >= 11 is 0. The summed E-state index contributed by atoms with van der Waals surface area (Å²) in [6, 6.07) is 0. The highest BCUT2D eigenvalue weighted by Crippen LogP contribution is 2.10. The van der Waals surface area contributed by atoms with Gasteiger partial charge in [-0.2, -0.15) is 0 Å². The monoisotopic (exact) mass is 335 g/mol. The zero-order valence-electron chi connectivity index (χ0n) is 16.9. The van der Waals surface area contributed by atoms with Crippen LogP contribution in [-0.4, -0.2) is 4.57 Å². The Balaban J connectivity index is 2.29. The van der Waals surface area contributed by atoms with E-state index in [1.165, 1.54) is 103 Å². The van der Waals surface area contributed by atoms with Crippen LogP contribution in [0.3, 0.4) is 0 Å². The van der Waals surface area contributed by atoms with E-state index >= 15 is 0 Å². The molecule has 0 unspecified atom stereocenters. The van der Waals surface area contributed by atoms with Gasteiger partial charge in [-0.15, -0.1) is 0 Å². The lowest BCUT2D eigenvalue weighted by Gasteiger charge is -2.05. The zero-order chi connectivity index (χ0) is 17.5. The number of aromatic nitrogens is 2. The molecule has 0 aliphatic rings. The van der Waals surface area contributed by atoms with Crippen LogP contribution < -0.4 is 4.57 Å². The second kappa shape index (κ2) is 14.5. The van der Waals surface area contributed by atoms with Crippen LogP contribution in [0.15, 0.2) is 12.4 Å². The Labute approximate surface area is 151 Å². The van der Waals surface area contributed by atoms with Gasteiger partial charge in [0.2, 0.25) is 0 Å². The number of nitrogens with zero attached hydrogens (tertiary/aromatic N) is 2. The van der Waals surface area contributed by atoms with Gasteiger partial charge in [0.05, 0.1) is 13.1 Å². The predicted octanol–water partition coefficient (Wildman–Crippen LogP) is 6.45. The van der Waals surface area contributed by atoms with Crippen molar-refractivity contribution in [1.29, 1.82) is 0 Å². The molecule has 0 spiro atoms. The predicted molar refractivity (Wildman–Crippen MR) is 105 cm³/mol. The highest BCUT2D eigenvalue weighted by molar-refractivity contribution is 4.84. The molecular formula is C22H43N2+. The average Bonchev–Trinajstić information content (AvgIpc) is 2.96. The van der Waals surface area contributed by atoms with Gasteiger partial charge in [0.15, 0.2) is 0 Å². The number of unbranched alkanes of at least 4 members (excludes halogenated alkanes) is 10. The highest BCUT2D eigenvalue weighted by atomic mass is 15.1. The Kier molecular flexibility index (Phi) is 12.9. The molecule has 1 aromatic rings. The van der Waals surface area contributed by atoms with E-state index in [9.17, 15) is 0 Å². The number of hydrogen-bond acceptors (Lipinski definition) is 0. The standard InChI is InChI=1S/C22H43N2/c1-4-7-9-11-12-13-14-16-19-24-21-20-23(22(24)17-6-3)18-15-10-8-5-2/h20-21H,4-19H2,1-3H3/q+1. The molecule has 0 bridgehead atoms. The molecule has 0 amide bonds. The minimum absolute atomic E-state index is 1.21. The Bertz CT molecular complexity index is 395. The average molecular weight is 336 g/mol. The van der Waals surface area contributed by atoms with Gasteiger partial charge < -0.3 is 0 Å². The van der Waals surface area contributed by atoms with Crippen molar-refractivity contribution in [3.63, 3.8) is 0 Å². The van der Waals surface area contributed by atoms with E-state index in [1.54, 1.807) is 5.82 Å². The summed E-state index contributed by atoms with van der Waals surface area (Å²) in [5, 5.41) is 0. The smallest absolute Gasteiger partial charge is 0.234 e. The zero-order valence-corrected chi connectivity index (χ0v) is 16.9. The van der Waals surface area contributed by atoms with E-state index in [1.807, 2.05) is 0 Å². The Morgan fingerprint density at radius 2 is 1.29 bits per heavy atom. The molecule has 0 aliphatic heterocycles. The molecule has 1 aromatic heterocycles. The molecule has 1 heterocycles. The lowest BCUT2D eigenvalue weighted by atomic mass is 10.1. The van der Waals surface area contributed by atoms with Crippen LogP contribution in [0.1, 0.15) is 110 Å². The largest absolute Gasteiger partial charge is 0.256 e. The third-order valence-electron chi connectivity index (χ3n) is 5.07. The SMILES string of the molecule is CCCCCCCCCCn1cc[n+](CCCCCC)c1CCC. The molecule has 2 heteroatoms. The summed E-state index contributed by atoms with van der Waals surface area (Å²) in [6.45, 7) is 9.30. The molecule has 0 aliphatic carbocycles. The van der Waals surface area contributed by atoms with Crippen molar-refractivity contribution in [2.45, 2.75) is 124 Å². The third-order valence-corrected chi connectivity index (χ3v) is 5.07. The van der Waals surface area contributed by atoms with Gasteiger partial charge in [0.1, 0.15) is 12.4 Å². The van der Waals surface area contributed by atoms with Crippen molar-refractivity contribution >= 4 is 0 Å². The van der Waals surface area contributed by atoms with Crippen LogP contribution in [0.25, 0.3) is 0 Å². The Hall–Kier alpha value is -0.790. The van der Waals surface area contributed by atoms with Crippen molar-refractivity contribution in [2.24, 2.45) is 0 Å². The topological polar surface area (TPSA) is 8.81 Å². The number of imidazole rings is 1. The normalized spacial score (nSPS) is 11.3. The summed E-state index contributed by atoms with van der Waals surface area (Å²) < 4.78 is 5.05. The van der Waals surface area contributed by atoms with Crippen LogP contribution in [0.5, 0.6) is 0 Å². The Morgan fingerprint density at radius 3 is 1.92 bits per heavy atom. The van der Waals surface area contributed by atoms with Crippen LogP contribution in [0.2, 0.25) is 0 Å². The van der Waals surface area contributed by atoms with Crippen molar-refractivity contribution in [1.82, 2.24) is 4.57 Å². The third kappa shape index (κ3) is 8.89. The maximum Gasteiger partial charge on any atom is 0.256 e. The summed E-state index contributed by atoms with van der Waals surface area (Å²) in [7, 11) is 0. The highest BCUT2D eigenvalue weighted by Gasteiger charge is 2.15. The van der Waals surface area contributed by atoms with Crippen molar-refractivity contribution in [3.8, 4) is 0 Å². The van der Waals surface area contributed by atoms with Crippen LogP contribution >= 0.6 is 0 Å². The maximum absolute atomic E-state index is 2.53. The first kappa shape index (κ1) is 21.3. The van der Waals surface area contributed by atoms with E-state index < -0.39 is 0 Å². The first-order chi connectivity index (χ1) is 11.8. The Morgan fingerprint density at radius 1 is 0.708 bits per heavy atom. The second-order valence-electron chi connectivity index (χ2n) is 7.39. The molecule has 0 radical (unpaired) electrons. The summed E-state index contributed by atoms with van der Waals surface area (Å²) in [5.74, 6) is 1.55. The fourth-order valence-electron chi connectivity index (χ4n) is 3.54. The van der Waals surface area contributed by atoms with E-state index in [0.717, 1.165) is 0 Å². The number of hydrogen-bond donors (Lipinski definition) is 0. The van der Waals surface area contributed by atoms with E-state index in [0.29, 0.717) is 0 Å². The van der Waals surface area contributed by atoms with Gasteiger partial charge >= 0.3 is 0 Å². The molecule has 0 N–H and O–H groups in total. The van der Waals surface area contributed by atoms with Crippen molar-refractivity contribution < 1.29 is 4.57 Å². The van der Waals surface area contributed by atoms with Crippen LogP contribution in [0, 0.1) is 0 Å². The molecule has 140 valence electrons. The van der Waals surface area contributed by atoms with Gasteiger partial charge in [-0.05, 0) is 32.1 Å². The molecule has 1 rings (SSSR count). The van der Waals surface area contributed by atoms with E-state index in [2.05, 4.69) is 42.3 Å². The molecule has 0 fully saturated rings. The lowest BCUT2D eigenvalue weighted by molar-refractivity contribution is -0.704. The van der Waals surface area contributed by atoms with Crippen molar-refractivity contribution in [3.05, 3.63) is 18.2 Å². The first-order valence-electron chi connectivity index (χ1n) is 10.9. The van der Waals surface area contributed by atoms with E-state index in [4.69, 9.17) is 0 Å². The maximum atomic E-state index is 2.53. The minimum Gasteiger partial charge on any atom is -0.234 e. The summed E-state index contributed by atoms with van der Waals surface area (Å²) in [6.07, 6.45) is 23.8. The van der Waals surface area contributed by atoms with Gasteiger partial charge in [-0.3, -0.25) is 0 Å². The molecule has 2 nitrogen and oxygen atoms in total. The van der Waals surface area contributed by atoms with Crippen LogP contribution in [0.4, 0.5) is 0 Å². The quantitative estimate of drug-likeness (QED) is 0.242. The summed E-state index contributed by atoms with van der Waals surface area (Å²) in [4.78, 5) is 0. The van der Waals surface area contributed by atoms with Gasteiger partial charge in [0, 0.05) is 6.42 Å². The van der Waals surface area contributed by atoms with E-state index in [-0.39, 0.29) is 0 Å². The van der Waals surface area contributed by atoms with Gasteiger partial charge in [0.25, 0.3) is 5.82 Å². The van der Waals surface area contributed by atoms with Crippen molar-refractivity contribution in [2.75, 3.05) is 0 Å².